The number of para-hydroxylation sites is 2. The molecule has 0 radical (unpaired) electrons. The summed E-state index contributed by atoms with van der Waals surface area (Å²) in [6.07, 6.45) is 0. The van der Waals surface area contributed by atoms with Gasteiger partial charge in [0.2, 0.25) is 0 Å². The molecule has 110 valence electrons. The van der Waals surface area contributed by atoms with Crippen molar-refractivity contribution in [2.75, 3.05) is 20.8 Å². The predicted octanol–water partition coefficient (Wildman–Crippen LogP) is 3.55. The minimum Gasteiger partial charge on any atom is -0.496 e. The molecule has 0 heterocycles. The van der Waals surface area contributed by atoms with Crippen molar-refractivity contribution < 1.29 is 19.0 Å². The number of carbonyl (C=O) groups is 1. The van der Waals surface area contributed by atoms with Crippen molar-refractivity contribution in [3.63, 3.8) is 0 Å². The van der Waals surface area contributed by atoms with Crippen LogP contribution in [-0.2, 0) is 4.74 Å². The van der Waals surface area contributed by atoms with Gasteiger partial charge in [-0.05, 0) is 19.1 Å². The summed E-state index contributed by atoms with van der Waals surface area (Å²) in [5, 5.41) is 0. The molecule has 0 aromatic heterocycles. The summed E-state index contributed by atoms with van der Waals surface area (Å²) in [5.41, 5.74) is 2.06. The Morgan fingerprint density at radius 2 is 1.67 bits per heavy atom. The molecule has 0 bridgehead atoms. The van der Waals surface area contributed by atoms with E-state index < -0.39 is 5.97 Å². The van der Waals surface area contributed by atoms with Gasteiger partial charge in [0, 0.05) is 11.1 Å². The van der Waals surface area contributed by atoms with Gasteiger partial charge >= 0.3 is 5.97 Å². The third kappa shape index (κ3) is 2.99. The number of methoxy groups -OCH3 is 2. The summed E-state index contributed by atoms with van der Waals surface area (Å²) in [6.45, 7) is 2.09. The first-order chi connectivity index (χ1) is 10.2. The molecule has 0 unspecified atom stereocenters. The van der Waals surface area contributed by atoms with Crippen LogP contribution in [0.3, 0.4) is 0 Å². The monoisotopic (exact) mass is 286 g/mol. The molecule has 0 aliphatic carbocycles. The summed E-state index contributed by atoms with van der Waals surface area (Å²) < 4.78 is 15.9. The Hall–Kier alpha value is -2.49. The number of rotatable bonds is 5. The Morgan fingerprint density at radius 3 is 2.33 bits per heavy atom. The van der Waals surface area contributed by atoms with Crippen molar-refractivity contribution in [1.29, 1.82) is 0 Å². The summed E-state index contributed by atoms with van der Waals surface area (Å²) in [4.78, 5) is 12.0. The van der Waals surface area contributed by atoms with Crippen molar-refractivity contribution in [1.82, 2.24) is 0 Å². The van der Waals surface area contributed by atoms with Crippen LogP contribution in [0.1, 0.15) is 17.3 Å². The minimum atomic E-state index is -0.397. The third-order valence-corrected chi connectivity index (χ3v) is 3.11. The molecule has 0 aliphatic rings. The van der Waals surface area contributed by atoms with E-state index in [9.17, 15) is 4.79 Å². The fraction of sp³-hybridized carbons (Fsp3) is 0.235. The third-order valence-electron chi connectivity index (χ3n) is 3.11. The van der Waals surface area contributed by atoms with E-state index in [-0.39, 0.29) is 0 Å². The second kappa shape index (κ2) is 6.79. The molecule has 0 N–H and O–H groups in total. The number of esters is 1. The number of ether oxygens (including phenoxy) is 3. The molecule has 0 saturated heterocycles. The summed E-state index contributed by atoms with van der Waals surface area (Å²) >= 11 is 0. The zero-order chi connectivity index (χ0) is 15.2. The van der Waals surface area contributed by atoms with Crippen LogP contribution in [-0.4, -0.2) is 26.8 Å². The molecular formula is C17H18O4. The van der Waals surface area contributed by atoms with Crippen LogP contribution >= 0.6 is 0 Å². The Balaban J connectivity index is 2.59. The van der Waals surface area contributed by atoms with Gasteiger partial charge in [0.1, 0.15) is 17.1 Å². The van der Waals surface area contributed by atoms with Crippen LogP contribution < -0.4 is 9.47 Å². The smallest absolute Gasteiger partial charge is 0.341 e. The topological polar surface area (TPSA) is 44.8 Å². The minimum absolute atomic E-state index is 0.320. The van der Waals surface area contributed by atoms with Gasteiger partial charge in [-0.2, -0.15) is 0 Å². The fourth-order valence-electron chi connectivity index (χ4n) is 2.21. The Morgan fingerprint density at radius 1 is 0.952 bits per heavy atom. The highest BCUT2D eigenvalue weighted by Crippen LogP contribution is 2.38. The van der Waals surface area contributed by atoms with Gasteiger partial charge < -0.3 is 14.2 Å². The van der Waals surface area contributed by atoms with Crippen LogP contribution in [0.2, 0.25) is 0 Å². The molecule has 2 aromatic rings. The second-order valence-electron chi connectivity index (χ2n) is 4.31. The van der Waals surface area contributed by atoms with E-state index in [1.165, 1.54) is 7.11 Å². The van der Waals surface area contributed by atoms with Crippen molar-refractivity contribution in [3.05, 3.63) is 48.0 Å². The van der Waals surface area contributed by atoms with E-state index in [0.29, 0.717) is 17.9 Å². The van der Waals surface area contributed by atoms with E-state index in [0.717, 1.165) is 16.9 Å². The lowest BCUT2D eigenvalue weighted by atomic mass is 10.0. The maximum Gasteiger partial charge on any atom is 0.341 e. The van der Waals surface area contributed by atoms with Crippen LogP contribution in [0.4, 0.5) is 0 Å². The highest BCUT2D eigenvalue weighted by atomic mass is 16.5. The van der Waals surface area contributed by atoms with Crippen molar-refractivity contribution in [3.8, 4) is 22.6 Å². The van der Waals surface area contributed by atoms with Crippen LogP contribution in [0, 0.1) is 0 Å². The molecule has 0 aliphatic heterocycles. The summed E-state index contributed by atoms with van der Waals surface area (Å²) in [5.74, 6) is 0.809. The lowest BCUT2D eigenvalue weighted by molar-refractivity contribution is 0.0523. The fourth-order valence-corrected chi connectivity index (χ4v) is 2.21. The van der Waals surface area contributed by atoms with Gasteiger partial charge in [0.05, 0.1) is 20.8 Å². The van der Waals surface area contributed by atoms with Crippen molar-refractivity contribution in [2.45, 2.75) is 6.92 Å². The average Bonchev–Trinajstić information content (AvgIpc) is 2.54. The normalized spacial score (nSPS) is 10.0. The molecule has 0 spiro atoms. The molecule has 21 heavy (non-hydrogen) atoms. The molecule has 2 aromatic carbocycles. The van der Waals surface area contributed by atoms with Crippen LogP contribution in [0.25, 0.3) is 11.1 Å². The average molecular weight is 286 g/mol. The second-order valence-corrected chi connectivity index (χ2v) is 4.31. The maximum atomic E-state index is 12.0. The SMILES string of the molecule is CCOC(=O)c1cccc(-c2ccccc2OC)c1OC. The van der Waals surface area contributed by atoms with Gasteiger partial charge in [-0.25, -0.2) is 4.79 Å². The standard InChI is InChI=1S/C17H18O4/c1-4-21-17(18)14-10-7-9-13(16(14)20-3)12-8-5-6-11-15(12)19-2/h5-11H,4H2,1-3H3. The Bertz CT molecular complexity index is 634. The van der Waals surface area contributed by atoms with E-state index in [1.54, 1.807) is 26.2 Å². The highest BCUT2D eigenvalue weighted by molar-refractivity contribution is 5.96. The molecule has 0 saturated carbocycles. The molecule has 0 amide bonds. The molecule has 4 nitrogen and oxygen atoms in total. The van der Waals surface area contributed by atoms with Crippen LogP contribution in [0.15, 0.2) is 42.5 Å². The number of hydrogen-bond donors (Lipinski definition) is 0. The van der Waals surface area contributed by atoms with Crippen molar-refractivity contribution >= 4 is 5.97 Å². The number of hydrogen-bond acceptors (Lipinski definition) is 4. The van der Waals surface area contributed by atoms with Gasteiger partial charge in [-0.3, -0.25) is 0 Å². The largest absolute Gasteiger partial charge is 0.496 e. The number of carbonyl (C=O) groups excluding carboxylic acids is 1. The quantitative estimate of drug-likeness (QED) is 0.788. The van der Waals surface area contributed by atoms with E-state index in [4.69, 9.17) is 14.2 Å². The molecular weight excluding hydrogens is 268 g/mol. The zero-order valence-electron chi connectivity index (χ0n) is 12.4. The first-order valence-corrected chi connectivity index (χ1v) is 6.70. The van der Waals surface area contributed by atoms with Gasteiger partial charge in [-0.1, -0.05) is 30.3 Å². The summed E-state index contributed by atoms with van der Waals surface area (Å²) in [6, 6.07) is 13.0. The first kappa shape index (κ1) is 14.9. The molecule has 0 fully saturated rings. The first-order valence-electron chi connectivity index (χ1n) is 6.70. The molecule has 0 atom stereocenters. The van der Waals surface area contributed by atoms with Crippen molar-refractivity contribution in [2.24, 2.45) is 0 Å². The highest BCUT2D eigenvalue weighted by Gasteiger charge is 2.19. The lowest BCUT2D eigenvalue weighted by Crippen LogP contribution is -2.07. The van der Waals surface area contributed by atoms with Gasteiger partial charge in [0.15, 0.2) is 0 Å². The lowest BCUT2D eigenvalue weighted by Gasteiger charge is -2.15. The van der Waals surface area contributed by atoms with E-state index in [1.807, 2.05) is 30.3 Å². The predicted molar refractivity (Wildman–Crippen MR) is 80.9 cm³/mol. The molecule has 4 heteroatoms. The van der Waals surface area contributed by atoms with Gasteiger partial charge in [-0.15, -0.1) is 0 Å². The van der Waals surface area contributed by atoms with E-state index in [2.05, 4.69) is 0 Å². The molecule has 2 rings (SSSR count). The maximum absolute atomic E-state index is 12.0. The number of benzene rings is 2. The van der Waals surface area contributed by atoms with E-state index >= 15 is 0 Å². The zero-order valence-corrected chi connectivity index (χ0v) is 12.4. The van der Waals surface area contributed by atoms with Crippen LogP contribution in [0.5, 0.6) is 11.5 Å². The van der Waals surface area contributed by atoms with Gasteiger partial charge in [0.25, 0.3) is 0 Å². The summed E-state index contributed by atoms with van der Waals surface area (Å²) in [7, 11) is 3.15. The Kier molecular flexibility index (Phi) is 4.82. The Labute approximate surface area is 124 Å².